The quantitative estimate of drug-likeness (QED) is 0.703. The maximum Gasteiger partial charge on any atom is 0.341 e. The smallest absolute Gasteiger partial charge is 0.341 e. The van der Waals surface area contributed by atoms with E-state index in [1.54, 1.807) is 32.4 Å². The van der Waals surface area contributed by atoms with Gasteiger partial charge in [-0.3, -0.25) is 0 Å². The topological polar surface area (TPSA) is 82.6 Å². The molecule has 0 spiro atoms. The fraction of sp³-hybridized carbons (Fsp3) is 0.211. The average molecular weight is 353 g/mol. The Morgan fingerprint density at radius 2 is 1.73 bits per heavy atom. The van der Waals surface area contributed by atoms with Gasteiger partial charge in [0.05, 0.1) is 27.0 Å². The van der Waals surface area contributed by atoms with E-state index in [9.17, 15) is 4.79 Å². The number of carbonyl (C=O) groups excluding carboxylic acids is 1. The summed E-state index contributed by atoms with van der Waals surface area (Å²) < 4.78 is 15.5. The van der Waals surface area contributed by atoms with Gasteiger partial charge in [0.25, 0.3) is 0 Å². The maximum absolute atomic E-state index is 12.2. The van der Waals surface area contributed by atoms with Gasteiger partial charge in [-0.1, -0.05) is 0 Å². The van der Waals surface area contributed by atoms with Crippen molar-refractivity contribution in [2.75, 3.05) is 26.6 Å². The molecule has 0 fully saturated rings. The van der Waals surface area contributed by atoms with E-state index in [2.05, 4.69) is 15.3 Å². The Morgan fingerprint density at radius 1 is 1.04 bits per heavy atom. The normalized spacial score (nSPS) is 10.5. The third-order valence-corrected chi connectivity index (χ3v) is 3.90. The molecule has 0 amide bonds. The summed E-state index contributed by atoms with van der Waals surface area (Å²) in [5, 5.41) is 3.97. The molecule has 7 nitrogen and oxygen atoms in total. The molecule has 2 heterocycles. The third kappa shape index (κ3) is 3.37. The van der Waals surface area contributed by atoms with E-state index >= 15 is 0 Å². The van der Waals surface area contributed by atoms with E-state index in [-0.39, 0.29) is 0 Å². The van der Waals surface area contributed by atoms with Crippen molar-refractivity contribution in [2.45, 2.75) is 6.92 Å². The Bertz CT molecular complexity index is 950. The largest absolute Gasteiger partial charge is 0.497 e. The van der Waals surface area contributed by atoms with Crippen molar-refractivity contribution in [1.82, 2.24) is 9.97 Å². The molecule has 0 radical (unpaired) electrons. The molecule has 3 rings (SSSR count). The van der Waals surface area contributed by atoms with Crippen LogP contribution in [0.3, 0.4) is 0 Å². The first-order chi connectivity index (χ1) is 12.5. The molecule has 0 aliphatic heterocycles. The molecule has 0 saturated heterocycles. The van der Waals surface area contributed by atoms with Crippen molar-refractivity contribution < 1.29 is 19.0 Å². The van der Waals surface area contributed by atoms with E-state index in [0.29, 0.717) is 39.5 Å². The van der Waals surface area contributed by atoms with Crippen LogP contribution in [0.25, 0.3) is 11.0 Å². The number of aryl methyl sites for hydroxylation is 1. The summed E-state index contributed by atoms with van der Waals surface area (Å²) in [6, 6.07) is 9.11. The Balaban J connectivity index is 2.17. The summed E-state index contributed by atoms with van der Waals surface area (Å²) in [5.74, 6) is 0.759. The monoisotopic (exact) mass is 353 g/mol. The number of esters is 1. The summed E-state index contributed by atoms with van der Waals surface area (Å²) in [7, 11) is 4.48. The van der Waals surface area contributed by atoms with Gasteiger partial charge in [0.15, 0.2) is 5.65 Å². The molecule has 0 bridgehead atoms. The second-order valence-electron chi connectivity index (χ2n) is 5.59. The first kappa shape index (κ1) is 17.5. The van der Waals surface area contributed by atoms with Crippen LogP contribution >= 0.6 is 0 Å². The summed E-state index contributed by atoms with van der Waals surface area (Å²) in [5.41, 5.74) is 2.94. The minimum atomic E-state index is -0.489. The van der Waals surface area contributed by atoms with Crippen molar-refractivity contribution in [3.8, 4) is 11.5 Å². The Kier molecular flexibility index (Phi) is 4.88. The van der Waals surface area contributed by atoms with E-state index in [1.807, 2.05) is 19.1 Å². The van der Waals surface area contributed by atoms with Crippen LogP contribution in [0.2, 0.25) is 0 Å². The molecular formula is C19H19N3O4. The van der Waals surface area contributed by atoms with Gasteiger partial charge in [-0.15, -0.1) is 0 Å². The van der Waals surface area contributed by atoms with Gasteiger partial charge in [-0.05, 0) is 19.1 Å². The highest BCUT2D eigenvalue weighted by Gasteiger charge is 2.17. The number of aromatic nitrogens is 2. The molecule has 0 saturated carbocycles. The third-order valence-electron chi connectivity index (χ3n) is 3.90. The summed E-state index contributed by atoms with van der Waals surface area (Å²) >= 11 is 0. The SMILES string of the molecule is COC(=O)c1cnc2nc(C)ccc2c1Nc1cc(OC)cc(OC)c1. The lowest BCUT2D eigenvalue weighted by atomic mass is 10.1. The number of anilines is 2. The van der Waals surface area contributed by atoms with Crippen molar-refractivity contribution in [1.29, 1.82) is 0 Å². The Labute approximate surface area is 150 Å². The maximum atomic E-state index is 12.2. The molecule has 26 heavy (non-hydrogen) atoms. The van der Waals surface area contributed by atoms with Gasteiger partial charge in [0.1, 0.15) is 17.1 Å². The van der Waals surface area contributed by atoms with Crippen LogP contribution in [-0.2, 0) is 4.74 Å². The van der Waals surface area contributed by atoms with Crippen LogP contribution < -0.4 is 14.8 Å². The lowest BCUT2D eigenvalue weighted by Gasteiger charge is -2.15. The van der Waals surface area contributed by atoms with Crippen molar-refractivity contribution in [3.05, 3.63) is 47.8 Å². The predicted molar refractivity (Wildman–Crippen MR) is 98.4 cm³/mol. The number of benzene rings is 1. The molecule has 7 heteroatoms. The number of hydrogen-bond donors (Lipinski definition) is 1. The fourth-order valence-corrected chi connectivity index (χ4v) is 2.60. The van der Waals surface area contributed by atoms with Crippen molar-refractivity contribution >= 4 is 28.4 Å². The van der Waals surface area contributed by atoms with E-state index < -0.39 is 5.97 Å². The molecule has 134 valence electrons. The van der Waals surface area contributed by atoms with Crippen LogP contribution in [0.4, 0.5) is 11.4 Å². The van der Waals surface area contributed by atoms with Gasteiger partial charge in [-0.2, -0.15) is 0 Å². The number of carbonyl (C=O) groups is 1. The van der Waals surface area contributed by atoms with Crippen LogP contribution in [0.5, 0.6) is 11.5 Å². The van der Waals surface area contributed by atoms with Gasteiger partial charge < -0.3 is 19.5 Å². The molecular weight excluding hydrogens is 334 g/mol. The average Bonchev–Trinajstić information content (AvgIpc) is 2.66. The summed E-state index contributed by atoms with van der Waals surface area (Å²) in [4.78, 5) is 20.9. The first-order valence-corrected chi connectivity index (χ1v) is 7.90. The first-order valence-electron chi connectivity index (χ1n) is 7.90. The zero-order chi connectivity index (χ0) is 18.7. The molecule has 3 aromatic rings. The van der Waals surface area contributed by atoms with Crippen LogP contribution in [0.15, 0.2) is 36.5 Å². The molecule has 2 aromatic heterocycles. The number of rotatable bonds is 5. The summed E-state index contributed by atoms with van der Waals surface area (Å²) in [6.45, 7) is 1.88. The van der Waals surface area contributed by atoms with Gasteiger partial charge in [-0.25, -0.2) is 14.8 Å². The lowest BCUT2D eigenvalue weighted by Crippen LogP contribution is -2.08. The van der Waals surface area contributed by atoms with Gasteiger partial charge in [0.2, 0.25) is 0 Å². The number of fused-ring (bicyclic) bond motifs is 1. The van der Waals surface area contributed by atoms with Crippen LogP contribution in [0.1, 0.15) is 16.1 Å². The second kappa shape index (κ2) is 7.26. The number of nitrogens with zero attached hydrogens (tertiary/aromatic N) is 2. The number of nitrogens with one attached hydrogen (secondary N) is 1. The van der Waals surface area contributed by atoms with Gasteiger partial charge >= 0.3 is 5.97 Å². The minimum absolute atomic E-state index is 0.312. The zero-order valence-electron chi connectivity index (χ0n) is 15.0. The van der Waals surface area contributed by atoms with Crippen molar-refractivity contribution in [2.24, 2.45) is 0 Å². The lowest BCUT2D eigenvalue weighted by molar-refractivity contribution is 0.0601. The highest BCUT2D eigenvalue weighted by molar-refractivity contribution is 6.05. The highest BCUT2D eigenvalue weighted by Crippen LogP contribution is 2.32. The van der Waals surface area contributed by atoms with Crippen molar-refractivity contribution in [3.63, 3.8) is 0 Å². The van der Waals surface area contributed by atoms with E-state index in [0.717, 1.165) is 5.69 Å². The number of pyridine rings is 2. The Morgan fingerprint density at radius 3 is 2.35 bits per heavy atom. The Hall–Kier alpha value is -3.35. The molecule has 0 unspecified atom stereocenters. The molecule has 1 aromatic carbocycles. The minimum Gasteiger partial charge on any atom is -0.497 e. The van der Waals surface area contributed by atoms with Crippen LogP contribution in [-0.4, -0.2) is 37.3 Å². The van der Waals surface area contributed by atoms with E-state index in [1.165, 1.54) is 13.3 Å². The summed E-state index contributed by atoms with van der Waals surface area (Å²) in [6.07, 6.45) is 1.46. The van der Waals surface area contributed by atoms with Gasteiger partial charge in [0, 0.05) is 41.2 Å². The standard InChI is InChI=1S/C19H19N3O4/c1-11-5-6-15-17(16(19(23)26-4)10-20-18(15)21-11)22-12-7-13(24-2)9-14(8-12)25-3/h5-10H,1-4H3,(H,20,21,22). The highest BCUT2D eigenvalue weighted by atomic mass is 16.5. The molecule has 0 aliphatic carbocycles. The van der Waals surface area contributed by atoms with E-state index in [4.69, 9.17) is 14.2 Å². The number of methoxy groups -OCH3 is 3. The molecule has 0 atom stereocenters. The zero-order valence-corrected chi connectivity index (χ0v) is 15.0. The number of ether oxygens (including phenoxy) is 3. The molecule has 0 aliphatic rings. The fourth-order valence-electron chi connectivity index (χ4n) is 2.60. The molecule has 1 N–H and O–H groups in total. The predicted octanol–water partition coefficient (Wildman–Crippen LogP) is 3.49. The van der Waals surface area contributed by atoms with Crippen LogP contribution in [0, 0.1) is 6.92 Å². The number of hydrogen-bond acceptors (Lipinski definition) is 7. The second-order valence-corrected chi connectivity index (χ2v) is 5.59.